The molecule has 5 nitrogen and oxygen atoms in total. The lowest BCUT2D eigenvalue weighted by molar-refractivity contribution is 1.14. The van der Waals surface area contributed by atoms with Crippen LogP contribution in [-0.4, -0.2) is 23.7 Å². The van der Waals surface area contributed by atoms with E-state index in [4.69, 9.17) is 9.97 Å². The van der Waals surface area contributed by atoms with Crippen molar-refractivity contribution in [2.45, 2.75) is 0 Å². The monoisotopic (exact) mass is 955 g/mol. The molecule has 0 saturated heterocycles. The molecule has 0 aliphatic carbocycles. The Morgan fingerprint density at radius 1 is 0.227 bits per heavy atom. The Morgan fingerprint density at radius 3 is 0.973 bits per heavy atom. The summed E-state index contributed by atoms with van der Waals surface area (Å²) >= 11 is 0. The van der Waals surface area contributed by atoms with Crippen molar-refractivity contribution in [2.24, 2.45) is 0 Å². The minimum Gasteiger partial charge on any atom is -0.309 e. The van der Waals surface area contributed by atoms with Crippen molar-refractivity contribution in [3.05, 3.63) is 273 Å². The second-order valence-electron chi connectivity index (χ2n) is 19.3. The van der Waals surface area contributed by atoms with Gasteiger partial charge in [0.1, 0.15) is 0 Å². The van der Waals surface area contributed by atoms with Crippen LogP contribution >= 0.6 is 0 Å². The molecule has 0 amide bonds. The van der Waals surface area contributed by atoms with Crippen LogP contribution in [0.5, 0.6) is 0 Å². The Kier molecular flexibility index (Phi) is 9.82. The Bertz CT molecular complexity index is 4290. The quantitative estimate of drug-likeness (QED) is 0.152. The van der Waals surface area contributed by atoms with Crippen LogP contribution in [0.15, 0.2) is 273 Å². The fourth-order valence-corrected chi connectivity index (χ4v) is 11.7. The van der Waals surface area contributed by atoms with E-state index < -0.39 is 0 Å². The lowest BCUT2D eigenvalue weighted by atomic mass is 9.91. The van der Waals surface area contributed by atoms with Crippen LogP contribution in [0.2, 0.25) is 0 Å². The highest BCUT2D eigenvalue weighted by molar-refractivity contribution is 6.14. The molecule has 4 heterocycles. The van der Waals surface area contributed by atoms with Gasteiger partial charge in [0.05, 0.1) is 50.2 Å². The average molecular weight is 956 g/mol. The van der Waals surface area contributed by atoms with Crippen molar-refractivity contribution in [3.8, 4) is 73.2 Å². The Labute approximate surface area is 433 Å². The van der Waals surface area contributed by atoms with Gasteiger partial charge in [0.25, 0.3) is 0 Å². The van der Waals surface area contributed by atoms with Gasteiger partial charge in [-0.05, 0) is 77.9 Å². The largest absolute Gasteiger partial charge is 0.309 e. The number of rotatable bonds is 8. The maximum absolute atomic E-state index is 5.42. The first-order valence-corrected chi connectivity index (χ1v) is 25.6. The van der Waals surface area contributed by atoms with Crippen LogP contribution < -0.4 is 0 Å². The summed E-state index contributed by atoms with van der Waals surface area (Å²) in [5.41, 5.74) is 19.2. The zero-order chi connectivity index (χ0) is 49.4. The summed E-state index contributed by atoms with van der Waals surface area (Å²) in [6.07, 6.45) is 0. The molecule has 0 saturated carbocycles. The lowest BCUT2D eigenvalue weighted by Crippen LogP contribution is -2.04. The second kappa shape index (κ2) is 17.3. The minimum atomic E-state index is 0.677. The molecule has 0 spiro atoms. The van der Waals surface area contributed by atoms with E-state index in [1.54, 1.807) is 0 Å². The first kappa shape index (κ1) is 42.6. The third-order valence-electron chi connectivity index (χ3n) is 15.0. The minimum absolute atomic E-state index is 0.677. The summed E-state index contributed by atoms with van der Waals surface area (Å²) in [5, 5.41) is 7.26. The molecule has 0 N–H and O–H groups in total. The average Bonchev–Trinajstić information content (AvgIpc) is 4.13. The Hall–Kier alpha value is -10.1. The van der Waals surface area contributed by atoms with Crippen molar-refractivity contribution in [1.29, 1.82) is 0 Å². The summed E-state index contributed by atoms with van der Waals surface area (Å²) in [7, 11) is 0. The van der Waals surface area contributed by atoms with Crippen molar-refractivity contribution < 1.29 is 0 Å². The molecule has 15 rings (SSSR count). The lowest BCUT2D eigenvalue weighted by Gasteiger charge is -2.22. The molecule has 11 aromatic carbocycles. The molecule has 0 atom stereocenters. The summed E-state index contributed by atoms with van der Waals surface area (Å²) in [6, 6.07) is 98.5. The van der Waals surface area contributed by atoms with E-state index >= 15 is 0 Å². The van der Waals surface area contributed by atoms with Gasteiger partial charge in [0.2, 0.25) is 0 Å². The summed E-state index contributed by atoms with van der Waals surface area (Å²) in [5.74, 6) is 0.677. The number of benzene rings is 11. The van der Waals surface area contributed by atoms with E-state index in [0.29, 0.717) is 5.82 Å². The number of hydrogen-bond donors (Lipinski definition) is 0. The van der Waals surface area contributed by atoms with E-state index in [-0.39, 0.29) is 0 Å². The van der Waals surface area contributed by atoms with E-state index in [1.807, 2.05) is 12.1 Å². The molecule has 0 aliphatic rings. The zero-order valence-electron chi connectivity index (χ0n) is 40.7. The number of hydrogen-bond acceptors (Lipinski definition) is 2. The first-order chi connectivity index (χ1) is 37.2. The van der Waals surface area contributed by atoms with Crippen LogP contribution in [0.4, 0.5) is 0 Å². The fraction of sp³-hybridized carbons (Fsp3) is 0. The van der Waals surface area contributed by atoms with Gasteiger partial charge in [-0.1, -0.05) is 206 Å². The Balaban J connectivity index is 1.08. The van der Waals surface area contributed by atoms with Crippen LogP contribution in [0.1, 0.15) is 0 Å². The molecule has 350 valence electrons. The molecule has 0 fully saturated rings. The smallest absolute Gasteiger partial charge is 0.160 e. The van der Waals surface area contributed by atoms with Crippen molar-refractivity contribution in [3.63, 3.8) is 0 Å². The van der Waals surface area contributed by atoms with Crippen LogP contribution in [0, 0.1) is 0 Å². The molecule has 0 bridgehead atoms. The van der Waals surface area contributed by atoms with Crippen molar-refractivity contribution >= 4 is 65.4 Å². The predicted molar refractivity (Wildman–Crippen MR) is 312 cm³/mol. The molecule has 0 aliphatic heterocycles. The van der Waals surface area contributed by atoms with Crippen LogP contribution in [-0.2, 0) is 0 Å². The van der Waals surface area contributed by atoms with Crippen molar-refractivity contribution in [2.75, 3.05) is 0 Å². The van der Waals surface area contributed by atoms with Gasteiger partial charge in [-0.2, -0.15) is 0 Å². The molecule has 0 unspecified atom stereocenters. The number of fused-ring (bicyclic) bond motifs is 9. The van der Waals surface area contributed by atoms with Crippen molar-refractivity contribution in [1.82, 2.24) is 23.7 Å². The number of para-hydroxylation sites is 4. The third-order valence-corrected chi connectivity index (χ3v) is 15.0. The van der Waals surface area contributed by atoms with Gasteiger partial charge in [-0.25, -0.2) is 9.97 Å². The molecular weight excluding hydrogens is 911 g/mol. The maximum Gasteiger partial charge on any atom is 0.160 e. The SMILES string of the molecule is c1ccc(-c2cc(-c3cc(-c4ccccc4)c(-n4c5cc(-n6c7ccccc7c7ccccc76)ccc5c5ccc(-n6c7ccccc7c7ccccc76)cc54)c(-c4ccccc4)c3)nc(-c3ccccc3)n2)cc1. The molecule has 0 radical (unpaired) electrons. The van der Waals surface area contributed by atoms with Gasteiger partial charge < -0.3 is 13.7 Å². The highest BCUT2D eigenvalue weighted by Gasteiger charge is 2.25. The summed E-state index contributed by atoms with van der Waals surface area (Å²) in [4.78, 5) is 10.6. The number of aromatic nitrogens is 5. The fourth-order valence-electron chi connectivity index (χ4n) is 11.7. The van der Waals surface area contributed by atoms with E-state index in [1.165, 1.54) is 54.4 Å². The molecule has 15 aromatic rings. The highest BCUT2D eigenvalue weighted by Crippen LogP contribution is 2.46. The van der Waals surface area contributed by atoms with Gasteiger partial charge in [0, 0.05) is 71.5 Å². The van der Waals surface area contributed by atoms with Gasteiger partial charge in [-0.3, -0.25) is 0 Å². The van der Waals surface area contributed by atoms with E-state index in [2.05, 4.69) is 275 Å². The molecule has 5 heteroatoms. The summed E-state index contributed by atoms with van der Waals surface area (Å²) in [6.45, 7) is 0. The van der Waals surface area contributed by atoms with Gasteiger partial charge in [0.15, 0.2) is 5.82 Å². The topological polar surface area (TPSA) is 40.6 Å². The molecular formula is C70H45N5. The van der Waals surface area contributed by atoms with E-state index in [0.717, 1.165) is 78.4 Å². The second-order valence-corrected chi connectivity index (χ2v) is 19.3. The van der Waals surface area contributed by atoms with E-state index in [9.17, 15) is 0 Å². The standard InChI is InChI=1S/C70H45N5/c1-5-21-46(22-6-1)59-41-50(62-45-61(48-25-9-3-10-26-48)71-70(72-62)49-27-11-4-12-28-49)42-60(47-23-7-2-8-24-47)69(59)75-67-43-51(73-63-33-17-13-29-53(63)54-30-14-18-34-64(54)73)37-39-57(67)58-40-38-52(44-68(58)75)74-65-35-19-15-31-55(65)56-32-16-20-36-66(56)74/h1-45H. The maximum atomic E-state index is 5.42. The van der Waals surface area contributed by atoms with Crippen LogP contribution in [0.3, 0.4) is 0 Å². The number of nitrogens with zero attached hydrogens (tertiary/aromatic N) is 5. The zero-order valence-corrected chi connectivity index (χ0v) is 40.7. The van der Waals surface area contributed by atoms with Gasteiger partial charge in [-0.15, -0.1) is 0 Å². The summed E-state index contributed by atoms with van der Waals surface area (Å²) < 4.78 is 7.41. The Morgan fingerprint density at radius 2 is 0.560 bits per heavy atom. The highest BCUT2D eigenvalue weighted by atomic mass is 15.0. The predicted octanol–water partition coefficient (Wildman–Crippen LogP) is 18.1. The third kappa shape index (κ3) is 6.93. The van der Waals surface area contributed by atoms with Gasteiger partial charge >= 0.3 is 0 Å². The van der Waals surface area contributed by atoms with Crippen LogP contribution in [0.25, 0.3) is 139 Å². The normalized spacial score (nSPS) is 11.7. The molecule has 75 heavy (non-hydrogen) atoms. The molecule has 4 aromatic heterocycles. The first-order valence-electron chi connectivity index (χ1n) is 25.6.